The molecule has 0 aliphatic heterocycles. The van der Waals surface area contributed by atoms with E-state index in [0.717, 1.165) is 11.3 Å². The van der Waals surface area contributed by atoms with Gasteiger partial charge in [0.1, 0.15) is 5.75 Å². The number of amides is 1. The van der Waals surface area contributed by atoms with Crippen molar-refractivity contribution in [2.24, 2.45) is 4.99 Å². The van der Waals surface area contributed by atoms with E-state index in [1.165, 1.54) is 0 Å². The normalized spacial score (nSPS) is 11.8. The maximum atomic E-state index is 11.8. The maximum Gasteiger partial charge on any atom is 0.239 e. The Morgan fingerprint density at radius 1 is 1.22 bits per heavy atom. The van der Waals surface area contributed by atoms with Crippen molar-refractivity contribution in [3.63, 3.8) is 0 Å². The first kappa shape index (κ1) is 18.8. The summed E-state index contributed by atoms with van der Waals surface area (Å²) >= 11 is 0. The summed E-state index contributed by atoms with van der Waals surface area (Å²) in [6, 6.07) is 7.84. The lowest BCUT2D eigenvalue weighted by Gasteiger charge is -2.21. The predicted octanol–water partition coefficient (Wildman–Crippen LogP) is 1.67. The number of hydrogen-bond acceptors (Lipinski definition) is 3. The van der Waals surface area contributed by atoms with Crippen LogP contribution in [0.1, 0.15) is 33.3 Å². The molecule has 0 fully saturated rings. The summed E-state index contributed by atoms with van der Waals surface area (Å²) in [6.45, 7) is 9.16. The van der Waals surface area contributed by atoms with Crippen LogP contribution in [0.3, 0.4) is 0 Å². The lowest BCUT2D eigenvalue weighted by atomic mass is 10.1. The van der Waals surface area contributed by atoms with E-state index in [-0.39, 0.29) is 18.0 Å². The number of nitrogens with one attached hydrogen (secondary N) is 3. The number of aliphatic imine (C=N–C) groups is 1. The van der Waals surface area contributed by atoms with Crippen molar-refractivity contribution in [3.8, 4) is 5.75 Å². The van der Waals surface area contributed by atoms with Gasteiger partial charge in [-0.05, 0) is 33.8 Å². The smallest absolute Gasteiger partial charge is 0.239 e. The Balaban J connectivity index is 2.50. The molecule has 1 rings (SSSR count). The molecular formula is C17H28N4O2. The summed E-state index contributed by atoms with van der Waals surface area (Å²) in [5.41, 5.74) is 0.794. The number of nitrogens with zero attached hydrogens (tertiary/aromatic N) is 1. The van der Waals surface area contributed by atoms with Gasteiger partial charge in [-0.15, -0.1) is 0 Å². The lowest BCUT2D eigenvalue weighted by molar-refractivity contribution is -0.121. The summed E-state index contributed by atoms with van der Waals surface area (Å²) in [5, 5.41) is 9.08. The van der Waals surface area contributed by atoms with Crippen LogP contribution in [0, 0.1) is 0 Å². The van der Waals surface area contributed by atoms with E-state index >= 15 is 0 Å². The molecule has 3 N–H and O–H groups in total. The van der Waals surface area contributed by atoms with Crippen LogP contribution in [0.2, 0.25) is 0 Å². The molecule has 23 heavy (non-hydrogen) atoms. The third-order valence-electron chi connectivity index (χ3n) is 2.87. The number of guanidine groups is 1. The van der Waals surface area contributed by atoms with Crippen molar-refractivity contribution in [2.45, 2.75) is 39.8 Å². The molecule has 1 aromatic rings. The second kappa shape index (κ2) is 9.02. The van der Waals surface area contributed by atoms with Crippen LogP contribution in [0.15, 0.2) is 29.3 Å². The molecule has 0 saturated heterocycles. The zero-order chi connectivity index (χ0) is 17.3. The SMILES string of the molecule is CCOc1ccccc1CNC(=NC)NCC(=O)NC(C)(C)C. The fraction of sp³-hybridized carbons (Fsp3) is 0.529. The largest absolute Gasteiger partial charge is 0.494 e. The van der Waals surface area contributed by atoms with Gasteiger partial charge < -0.3 is 20.7 Å². The average molecular weight is 320 g/mol. The zero-order valence-electron chi connectivity index (χ0n) is 14.7. The Bertz CT molecular complexity index is 536. The standard InChI is InChI=1S/C17H28N4O2/c1-6-23-14-10-8-7-9-13(14)11-19-16(18-5)20-12-15(22)21-17(2,3)4/h7-10H,6,11-12H2,1-5H3,(H,21,22)(H2,18,19,20). The van der Waals surface area contributed by atoms with E-state index < -0.39 is 0 Å². The van der Waals surface area contributed by atoms with Crippen LogP contribution in [-0.4, -0.2) is 37.6 Å². The number of para-hydroxylation sites is 1. The van der Waals surface area contributed by atoms with E-state index in [2.05, 4.69) is 20.9 Å². The Morgan fingerprint density at radius 2 is 1.91 bits per heavy atom. The highest BCUT2D eigenvalue weighted by Gasteiger charge is 2.13. The minimum Gasteiger partial charge on any atom is -0.494 e. The van der Waals surface area contributed by atoms with Gasteiger partial charge in [0.15, 0.2) is 5.96 Å². The van der Waals surface area contributed by atoms with Crippen LogP contribution in [0.5, 0.6) is 5.75 Å². The van der Waals surface area contributed by atoms with Crippen molar-refractivity contribution >= 4 is 11.9 Å². The second-order valence-electron chi connectivity index (χ2n) is 6.12. The molecule has 0 unspecified atom stereocenters. The summed E-state index contributed by atoms with van der Waals surface area (Å²) in [4.78, 5) is 15.9. The first-order valence-corrected chi connectivity index (χ1v) is 7.82. The predicted molar refractivity (Wildman–Crippen MR) is 93.7 cm³/mol. The molecule has 0 spiro atoms. The molecule has 1 amide bonds. The molecule has 1 aromatic carbocycles. The summed E-state index contributed by atoms with van der Waals surface area (Å²) in [6.07, 6.45) is 0. The number of rotatable bonds is 6. The molecule has 0 aliphatic carbocycles. The highest BCUT2D eigenvalue weighted by atomic mass is 16.5. The van der Waals surface area contributed by atoms with Crippen molar-refractivity contribution in [3.05, 3.63) is 29.8 Å². The van der Waals surface area contributed by atoms with E-state index in [1.54, 1.807) is 7.05 Å². The summed E-state index contributed by atoms with van der Waals surface area (Å²) in [5.74, 6) is 1.35. The molecule has 0 aliphatic rings. The monoisotopic (exact) mass is 320 g/mol. The van der Waals surface area contributed by atoms with Gasteiger partial charge in [0.25, 0.3) is 0 Å². The van der Waals surface area contributed by atoms with Gasteiger partial charge in [-0.1, -0.05) is 18.2 Å². The topological polar surface area (TPSA) is 74.8 Å². The molecule has 0 heterocycles. The highest BCUT2D eigenvalue weighted by molar-refractivity contribution is 5.86. The number of benzene rings is 1. The molecule has 6 nitrogen and oxygen atoms in total. The van der Waals surface area contributed by atoms with Gasteiger partial charge in [-0.3, -0.25) is 9.79 Å². The quantitative estimate of drug-likeness (QED) is 0.550. The third-order valence-corrected chi connectivity index (χ3v) is 2.87. The first-order chi connectivity index (χ1) is 10.9. The Hall–Kier alpha value is -2.24. The van der Waals surface area contributed by atoms with Gasteiger partial charge >= 0.3 is 0 Å². The summed E-state index contributed by atoms with van der Waals surface area (Å²) in [7, 11) is 1.67. The van der Waals surface area contributed by atoms with Crippen LogP contribution < -0.4 is 20.7 Å². The van der Waals surface area contributed by atoms with E-state index in [4.69, 9.17) is 4.74 Å². The first-order valence-electron chi connectivity index (χ1n) is 7.82. The number of ether oxygens (including phenoxy) is 1. The molecule has 0 bridgehead atoms. The van der Waals surface area contributed by atoms with Crippen LogP contribution >= 0.6 is 0 Å². The summed E-state index contributed by atoms with van der Waals surface area (Å²) < 4.78 is 5.59. The molecule has 6 heteroatoms. The van der Waals surface area contributed by atoms with Gasteiger partial charge in [-0.2, -0.15) is 0 Å². The van der Waals surface area contributed by atoms with Crippen molar-refractivity contribution < 1.29 is 9.53 Å². The van der Waals surface area contributed by atoms with Crippen LogP contribution in [-0.2, 0) is 11.3 Å². The van der Waals surface area contributed by atoms with Crippen molar-refractivity contribution in [1.82, 2.24) is 16.0 Å². The molecular weight excluding hydrogens is 292 g/mol. The third kappa shape index (κ3) is 7.54. The number of carbonyl (C=O) groups excluding carboxylic acids is 1. The van der Waals surface area contributed by atoms with Crippen molar-refractivity contribution in [2.75, 3.05) is 20.2 Å². The minimum atomic E-state index is -0.244. The Kier molecular flexibility index (Phi) is 7.38. The van der Waals surface area contributed by atoms with Crippen LogP contribution in [0.4, 0.5) is 0 Å². The van der Waals surface area contributed by atoms with Crippen molar-refractivity contribution in [1.29, 1.82) is 0 Å². The molecule has 0 radical (unpaired) electrons. The van der Waals surface area contributed by atoms with Gasteiger partial charge in [-0.25, -0.2) is 0 Å². The average Bonchev–Trinajstić information content (AvgIpc) is 2.47. The lowest BCUT2D eigenvalue weighted by Crippen LogP contribution is -2.48. The van der Waals surface area contributed by atoms with E-state index in [0.29, 0.717) is 19.1 Å². The van der Waals surface area contributed by atoms with E-state index in [1.807, 2.05) is 52.0 Å². The second-order valence-corrected chi connectivity index (χ2v) is 6.12. The van der Waals surface area contributed by atoms with E-state index in [9.17, 15) is 4.79 Å². The number of hydrogen-bond donors (Lipinski definition) is 3. The molecule has 0 atom stereocenters. The number of carbonyl (C=O) groups is 1. The van der Waals surface area contributed by atoms with Crippen LogP contribution in [0.25, 0.3) is 0 Å². The Labute approximate surface area is 138 Å². The maximum absolute atomic E-state index is 11.8. The molecule has 128 valence electrons. The minimum absolute atomic E-state index is 0.0739. The zero-order valence-corrected chi connectivity index (χ0v) is 14.7. The fourth-order valence-electron chi connectivity index (χ4n) is 1.97. The van der Waals surface area contributed by atoms with Gasteiger partial charge in [0.05, 0.1) is 13.2 Å². The fourth-order valence-corrected chi connectivity index (χ4v) is 1.97. The van der Waals surface area contributed by atoms with Gasteiger partial charge in [0.2, 0.25) is 5.91 Å². The highest BCUT2D eigenvalue weighted by Crippen LogP contribution is 2.17. The van der Waals surface area contributed by atoms with Gasteiger partial charge in [0, 0.05) is 24.7 Å². The Morgan fingerprint density at radius 3 is 2.52 bits per heavy atom. The molecule has 0 aromatic heterocycles. The molecule has 0 saturated carbocycles.